The van der Waals surface area contributed by atoms with Gasteiger partial charge >= 0.3 is 0 Å². The van der Waals surface area contributed by atoms with Crippen molar-refractivity contribution in [1.82, 2.24) is 0 Å². The minimum atomic E-state index is 0.689. The SMILES string of the molecule is C=CC/C=C\C=NCC1=CCCC=N1. The molecular weight excluding hydrogens is 172 g/mol. The van der Waals surface area contributed by atoms with E-state index < -0.39 is 0 Å². The fourth-order valence-electron chi connectivity index (χ4n) is 1.11. The van der Waals surface area contributed by atoms with Crippen molar-refractivity contribution in [2.24, 2.45) is 9.98 Å². The van der Waals surface area contributed by atoms with Gasteiger partial charge in [-0.2, -0.15) is 0 Å². The van der Waals surface area contributed by atoms with Crippen LogP contribution in [0.25, 0.3) is 0 Å². The predicted octanol–water partition coefficient (Wildman–Crippen LogP) is 2.94. The molecule has 0 fully saturated rings. The van der Waals surface area contributed by atoms with Crippen LogP contribution < -0.4 is 0 Å². The number of nitrogens with zero attached hydrogens (tertiary/aromatic N) is 2. The van der Waals surface area contributed by atoms with Crippen LogP contribution in [0, 0.1) is 0 Å². The zero-order valence-electron chi connectivity index (χ0n) is 8.39. The largest absolute Gasteiger partial charge is 0.287 e. The molecule has 2 heteroatoms. The molecular formula is C12H16N2. The normalized spacial score (nSPS) is 16.4. The summed E-state index contributed by atoms with van der Waals surface area (Å²) in [5.74, 6) is 0. The molecule has 1 rings (SSSR count). The molecule has 0 unspecified atom stereocenters. The summed E-state index contributed by atoms with van der Waals surface area (Å²) < 4.78 is 0. The number of rotatable bonds is 5. The molecule has 0 aromatic rings. The smallest absolute Gasteiger partial charge is 0.0808 e. The Hall–Kier alpha value is -1.44. The van der Waals surface area contributed by atoms with Crippen molar-refractivity contribution >= 4 is 12.4 Å². The second-order valence-electron chi connectivity index (χ2n) is 3.03. The Morgan fingerprint density at radius 1 is 1.50 bits per heavy atom. The molecule has 1 aliphatic rings. The molecule has 0 spiro atoms. The van der Waals surface area contributed by atoms with Gasteiger partial charge in [0, 0.05) is 12.4 Å². The fraction of sp³-hybridized carbons (Fsp3) is 0.333. The molecule has 1 aliphatic heterocycles. The van der Waals surface area contributed by atoms with Crippen molar-refractivity contribution < 1.29 is 0 Å². The summed E-state index contributed by atoms with van der Waals surface area (Å²) in [4.78, 5) is 8.48. The summed E-state index contributed by atoms with van der Waals surface area (Å²) >= 11 is 0. The van der Waals surface area contributed by atoms with Gasteiger partial charge in [0.1, 0.15) is 0 Å². The van der Waals surface area contributed by atoms with Crippen LogP contribution >= 0.6 is 0 Å². The van der Waals surface area contributed by atoms with Crippen LogP contribution in [0.1, 0.15) is 19.3 Å². The second-order valence-corrected chi connectivity index (χ2v) is 3.03. The number of aliphatic imine (C=N–C) groups is 2. The van der Waals surface area contributed by atoms with Crippen molar-refractivity contribution in [3.63, 3.8) is 0 Å². The maximum absolute atomic E-state index is 4.25. The molecule has 74 valence electrons. The molecule has 0 aliphatic carbocycles. The van der Waals surface area contributed by atoms with Crippen LogP contribution in [-0.4, -0.2) is 19.0 Å². The zero-order valence-corrected chi connectivity index (χ0v) is 8.39. The molecule has 0 saturated heterocycles. The van der Waals surface area contributed by atoms with Gasteiger partial charge in [-0.25, -0.2) is 0 Å². The van der Waals surface area contributed by atoms with E-state index in [2.05, 4.69) is 22.6 Å². The van der Waals surface area contributed by atoms with Crippen molar-refractivity contribution in [3.05, 3.63) is 36.6 Å². The molecule has 0 N–H and O–H groups in total. The summed E-state index contributed by atoms with van der Waals surface area (Å²) in [6, 6.07) is 0. The van der Waals surface area contributed by atoms with Crippen molar-refractivity contribution in [1.29, 1.82) is 0 Å². The van der Waals surface area contributed by atoms with E-state index in [1.807, 2.05) is 30.7 Å². The molecule has 2 nitrogen and oxygen atoms in total. The minimum absolute atomic E-state index is 0.689. The van der Waals surface area contributed by atoms with Crippen LogP contribution in [0.5, 0.6) is 0 Å². The first-order valence-electron chi connectivity index (χ1n) is 4.91. The van der Waals surface area contributed by atoms with Crippen LogP contribution in [-0.2, 0) is 0 Å². The Balaban J connectivity index is 2.22. The van der Waals surface area contributed by atoms with E-state index in [1.54, 1.807) is 0 Å². The highest BCUT2D eigenvalue weighted by molar-refractivity contribution is 5.71. The van der Waals surface area contributed by atoms with Crippen LogP contribution in [0.2, 0.25) is 0 Å². The van der Waals surface area contributed by atoms with E-state index in [9.17, 15) is 0 Å². The Bertz CT molecular complexity index is 283. The van der Waals surface area contributed by atoms with E-state index in [0.717, 1.165) is 25.0 Å². The van der Waals surface area contributed by atoms with E-state index in [0.29, 0.717) is 6.54 Å². The fourth-order valence-corrected chi connectivity index (χ4v) is 1.11. The molecule has 1 heterocycles. The van der Waals surface area contributed by atoms with Gasteiger partial charge in [0.15, 0.2) is 0 Å². The lowest BCUT2D eigenvalue weighted by atomic mass is 10.2. The average Bonchev–Trinajstić information content (AvgIpc) is 2.25. The van der Waals surface area contributed by atoms with Crippen molar-refractivity contribution in [2.45, 2.75) is 19.3 Å². The molecule has 14 heavy (non-hydrogen) atoms. The van der Waals surface area contributed by atoms with Crippen LogP contribution in [0.3, 0.4) is 0 Å². The third kappa shape index (κ3) is 4.55. The monoisotopic (exact) mass is 188 g/mol. The highest BCUT2D eigenvalue weighted by atomic mass is 14.8. The molecule has 0 amide bonds. The third-order valence-electron chi connectivity index (χ3n) is 1.82. The lowest BCUT2D eigenvalue weighted by Gasteiger charge is -2.01. The summed E-state index contributed by atoms with van der Waals surface area (Å²) in [6.07, 6.45) is 14.8. The topological polar surface area (TPSA) is 24.7 Å². The summed E-state index contributed by atoms with van der Waals surface area (Å²) in [6.45, 7) is 4.32. The molecule has 0 atom stereocenters. The van der Waals surface area contributed by atoms with Crippen LogP contribution in [0.15, 0.2) is 46.6 Å². The van der Waals surface area contributed by atoms with Gasteiger partial charge in [0.05, 0.1) is 12.2 Å². The Kier molecular flexibility index (Phi) is 5.33. The summed E-state index contributed by atoms with van der Waals surface area (Å²) in [7, 11) is 0. The van der Waals surface area contributed by atoms with Crippen LogP contribution in [0.4, 0.5) is 0 Å². The third-order valence-corrected chi connectivity index (χ3v) is 1.82. The number of hydrogen-bond donors (Lipinski definition) is 0. The van der Waals surface area contributed by atoms with Gasteiger partial charge in [-0.15, -0.1) is 6.58 Å². The Labute approximate surface area is 85.5 Å². The second kappa shape index (κ2) is 7.01. The molecule has 0 aromatic carbocycles. The van der Waals surface area contributed by atoms with Gasteiger partial charge in [-0.3, -0.25) is 9.98 Å². The van der Waals surface area contributed by atoms with E-state index in [1.165, 1.54) is 0 Å². The highest BCUT2D eigenvalue weighted by Crippen LogP contribution is 2.05. The molecule has 0 radical (unpaired) electrons. The highest BCUT2D eigenvalue weighted by Gasteiger charge is 1.94. The van der Waals surface area contributed by atoms with Gasteiger partial charge in [-0.05, 0) is 25.3 Å². The maximum Gasteiger partial charge on any atom is 0.0808 e. The lowest BCUT2D eigenvalue weighted by molar-refractivity contribution is 0.999. The Morgan fingerprint density at radius 2 is 2.43 bits per heavy atom. The predicted molar refractivity (Wildman–Crippen MR) is 63.1 cm³/mol. The number of hydrogen-bond acceptors (Lipinski definition) is 2. The molecule has 0 bridgehead atoms. The lowest BCUT2D eigenvalue weighted by Crippen LogP contribution is -1.92. The first-order valence-corrected chi connectivity index (χ1v) is 4.91. The van der Waals surface area contributed by atoms with Crippen molar-refractivity contribution in [2.75, 3.05) is 6.54 Å². The maximum atomic E-state index is 4.25. The summed E-state index contributed by atoms with van der Waals surface area (Å²) in [5.41, 5.74) is 1.07. The minimum Gasteiger partial charge on any atom is -0.287 e. The van der Waals surface area contributed by atoms with Gasteiger partial charge < -0.3 is 0 Å². The zero-order chi connectivity index (χ0) is 10.1. The first-order chi connectivity index (χ1) is 6.93. The van der Waals surface area contributed by atoms with Gasteiger partial charge in [-0.1, -0.05) is 18.2 Å². The Morgan fingerprint density at radius 3 is 3.14 bits per heavy atom. The van der Waals surface area contributed by atoms with E-state index in [-0.39, 0.29) is 0 Å². The van der Waals surface area contributed by atoms with Gasteiger partial charge in [0.25, 0.3) is 0 Å². The first kappa shape index (κ1) is 10.6. The standard InChI is InChI=1S/C12H16N2/c1-2-3-4-6-9-13-11-12-8-5-7-10-14-12/h2,4,6,8-10H,1,3,5,7,11H2/b6-4-,13-9?. The van der Waals surface area contributed by atoms with E-state index in [4.69, 9.17) is 0 Å². The molecule has 0 aromatic heterocycles. The van der Waals surface area contributed by atoms with Crippen molar-refractivity contribution in [3.8, 4) is 0 Å². The molecule has 0 saturated carbocycles. The number of allylic oxidation sites excluding steroid dienone is 4. The van der Waals surface area contributed by atoms with Gasteiger partial charge in [0.2, 0.25) is 0 Å². The van der Waals surface area contributed by atoms with E-state index >= 15 is 0 Å². The average molecular weight is 188 g/mol. The quantitative estimate of drug-likeness (QED) is 0.468. The summed E-state index contributed by atoms with van der Waals surface area (Å²) in [5, 5.41) is 0.